The van der Waals surface area contributed by atoms with Crippen molar-refractivity contribution in [1.29, 1.82) is 0 Å². The minimum absolute atomic E-state index is 0.0689. The molecule has 1 saturated carbocycles. The van der Waals surface area contributed by atoms with E-state index in [0.717, 1.165) is 24.0 Å². The molecule has 0 spiro atoms. The minimum atomic E-state index is -1.26. The van der Waals surface area contributed by atoms with Crippen molar-refractivity contribution in [3.05, 3.63) is 88.3 Å². The van der Waals surface area contributed by atoms with Crippen molar-refractivity contribution in [3.63, 3.8) is 0 Å². The summed E-state index contributed by atoms with van der Waals surface area (Å²) in [6, 6.07) is 14.8. The minimum Gasteiger partial charge on any atom is -0.494 e. The van der Waals surface area contributed by atoms with E-state index in [1.54, 1.807) is 6.08 Å². The fourth-order valence-electron chi connectivity index (χ4n) is 4.27. The van der Waals surface area contributed by atoms with Gasteiger partial charge in [-0.2, -0.15) is 0 Å². The van der Waals surface area contributed by atoms with E-state index in [4.69, 9.17) is 25.1 Å². The Morgan fingerprint density at radius 1 is 1.31 bits per heavy atom. The first kappa shape index (κ1) is 25.3. The van der Waals surface area contributed by atoms with Crippen molar-refractivity contribution in [2.24, 2.45) is 16.0 Å². The van der Waals surface area contributed by atoms with Crippen molar-refractivity contribution in [3.8, 4) is 5.75 Å². The van der Waals surface area contributed by atoms with E-state index in [-0.39, 0.29) is 25.5 Å². The largest absolute Gasteiger partial charge is 0.494 e. The number of rotatable bonds is 13. The molecule has 0 unspecified atom stereocenters. The average Bonchev–Trinajstić information content (AvgIpc) is 3.66. The number of aliphatic hydroxyl groups is 1. The zero-order valence-electron chi connectivity index (χ0n) is 20.2. The van der Waals surface area contributed by atoms with E-state index >= 15 is 0 Å². The average molecular weight is 490 g/mol. The van der Waals surface area contributed by atoms with Crippen molar-refractivity contribution in [1.82, 2.24) is 5.32 Å². The van der Waals surface area contributed by atoms with Crippen LogP contribution in [0.1, 0.15) is 48.5 Å². The van der Waals surface area contributed by atoms with Gasteiger partial charge in [-0.3, -0.25) is 4.79 Å². The molecule has 1 heterocycles. The molecule has 2 N–H and O–H groups in total. The molecule has 2 aromatic rings. The number of amides is 1. The highest BCUT2D eigenvalue weighted by Crippen LogP contribution is 2.44. The van der Waals surface area contributed by atoms with E-state index < -0.39 is 11.6 Å². The third-order valence-corrected chi connectivity index (χ3v) is 6.38. The highest BCUT2D eigenvalue weighted by atomic mass is 16.5. The van der Waals surface area contributed by atoms with Crippen LogP contribution in [0.2, 0.25) is 0 Å². The van der Waals surface area contributed by atoms with Gasteiger partial charge in [0.05, 0.1) is 13.2 Å². The van der Waals surface area contributed by atoms with Crippen molar-refractivity contribution in [2.75, 3.05) is 19.8 Å². The molecule has 1 amide bonds. The predicted octanol–water partition coefficient (Wildman–Crippen LogP) is 4.62. The van der Waals surface area contributed by atoms with Crippen LogP contribution >= 0.6 is 0 Å². The second-order valence-electron chi connectivity index (χ2n) is 9.02. The topological polar surface area (TPSA) is 129 Å². The van der Waals surface area contributed by atoms with Gasteiger partial charge in [0.2, 0.25) is 5.90 Å². The van der Waals surface area contributed by atoms with Gasteiger partial charge < -0.3 is 19.9 Å². The Balaban J connectivity index is 1.70. The monoisotopic (exact) mass is 489 g/mol. The first-order valence-corrected chi connectivity index (χ1v) is 12.2. The molecule has 4 rings (SSSR count). The summed E-state index contributed by atoms with van der Waals surface area (Å²) in [6.45, 7) is 5.13. The maximum Gasteiger partial charge on any atom is 0.252 e. The van der Waals surface area contributed by atoms with E-state index in [1.807, 2.05) is 48.5 Å². The molecule has 0 bridgehead atoms. The number of hydrogen-bond acceptors (Lipinski definition) is 6. The highest BCUT2D eigenvalue weighted by Gasteiger charge is 2.53. The molecule has 1 aliphatic heterocycles. The van der Waals surface area contributed by atoms with E-state index in [0.29, 0.717) is 42.7 Å². The molecule has 9 heteroatoms. The zero-order valence-corrected chi connectivity index (χ0v) is 20.2. The second-order valence-corrected chi connectivity index (χ2v) is 9.02. The van der Waals surface area contributed by atoms with Crippen molar-refractivity contribution < 1.29 is 19.4 Å². The molecule has 188 valence electrons. The molecule has 36 heavy (non-hydrogen) atoms. The SMILES string of the molecule is C=CC[C@@]1(C(=O)NCC2CC2)N=C(c2ccc(OCCCO)cc2)O[C@@H]1c1ccccc1CN=[N+]=[N-]. The summed E-state index contributed by atoms with van der Waals surface area (Å²) in [5.74, 6) is 1.32. The van der Waals surface area contributed by atoms with Crippen LogP contribution in [0.25, 0.3) is 10.4 Å². The zero-order chi connectivity index (χ0) is 25.4. The quantitative estimate of drug-likeness (QED) is 0.140. The molecule has 2 atom stereocenters. The van der Waals surface area contributed by atoms with Crippen LogP contribution in [0.3, 0.4) is 0 Å². The molecule has 0 saturated heterocycles. The Morgan fingerprint density at radius 3 is 2.78 bits per heavy atom. The number of benzene rings is 2. The van der Waals surface area contributed by atoms with Crippen molar-refractivity contribution >= 4 is 11.8 Å². The number of nitrogens with zero attached hydrogens (tertiary/aromatic N) is 4. The standard InChI is InChI=1S/C27H31N5O4/c1-2-14-27(26(34)29-17-19-8-9-19)24(23-7-4-3-6-21(23)18-30-32-28)36-25(31-27)20-10-12-22(13-11-20)35-16-5-15-33/h2-4,6-7,10-13,19,24,33H,1,5,8-9,14-18H2,(H,29,34)/t24-,27-/m1/s1. The van der Waals surface area contributed by atoms with Gasteiger partial charge in [-0.25, -0.2) is 4.99 Å². The first-order chi connectivity index (χ1) is 17.6. The molecule has 0 radical (unpaired) electrons. The third-order valence-electron chi connectivity index (χ3n) is 6.38. The molecule has 1 aliphatic carbocycles. The summed E-state index contributed by atoms with van der Waals surface area (Å²) >= 11 is 0. The fourth-order valence-corrected chi connectivity index (χ4v) is 4.27. The van der Waals surface area contributed by atoms with Gasteiger partial charge in [0, 0.05) is 36.5 Å². The third kappa shape index (κ3) is 5.70. The number of ether oxygens (including phenoxy) is 2. The lowest BCUT2D eigenvalue weighted by molar-refractivity contribution is -0.128. The Kier molecular flexibility index (Phi) is 8.25. The summed E-state index contributed by atoms with van der Waals surface area (Å²) in [5, 5.41) is 15.8. The maximum atomic E-state index is 13.7. The Labute approximate surface area is 210 Å². The van der Waals surface area contributed by atoms with Gasteiger partial charge in [0.1, 0.15) is 5.75 Å². The van der Waals surface area contributed by atoms with Crippen LogP contribution < -0.4 is 10.1 Å². The van der Waals surface area contributed by atoms with Gasteiger partial charge >= 0.3 is 0 Å². The highest BCUT2D eigenvalue weighted by molar-refractivity contribution is 6.01. The fraction of sp³-hybridized carbons (Fsp3) is 0.407. The van der Waals surface area contributed by atoms with Crippen molar-refractivity contribution in [2.45, 2.75) is 43.9 Å². The lowest BCUT2D eigenvalue weighted by Gasteiger charge is -2.30. The molecule has 0 aromatic heterocycles. The summed E-state index contributed by atoms with van der Waals surface area (Å²) < 4.78 is 12.1. The lowest BCUT2D eigenvalue weighted by atomic mass is 9.82. The van der Waals surface area contributed by atoms with E-state index in [1.165, 1.54) is 0 Å². The number of hydrogen-bond donors (Lipinski definition) is 2. The van der Waals surface area contributed by atoms with Crippen LogP contribution in [-0.4, -0.2) is 42.2 Å². The second kappa shape index (κ2) is 11.7. The van der Waals surface area contributed by atoms with Gasteiger partial charge in [-0.05, 0) is 59.7 Å². The Bertz CT molecular complexity index is 1160. The lowest BCUT2D eigenvalue weighted by Crippen LogP contribution is -2.48. The number of azide groups is 1. The van der Waals surface area contributed by atoms with Gasteiger partial charge in [-0.15, -0.1) is 6.58 Å². The van der Waals surface area contributed by atoms with Crippen LogP contribution in [0.5, 0.6) is 5.75 Å². The molecular formula is C27H31N5O4. The predicted molar refractivity (Wildman–Crippen MR) is 137 cm³/mol. The summed E-state index contributed by atoms with van der Waals surface area (Å²) in [5.41, 5.74) is 9.85. The normalized spacial score (nSPS) is 20.6. The number of carbonyl (C=O) groups excluding carboxylic acids is 1. The van der Waals surface area contributed by atoms with Gasteiger partial charge in [0.15, 0.2) is 11.6 Å². The molecular weight excluding hydrogens is 458 g/mol. The summed E-state index contributed by atoms with van der Waals surface area (Å²) in [6.07, 6.45) is 4.02. The summed E-state index contributed by atoms with van der Waals surface area (Å²) in [4.78, 5) is 21.5. The number of aliphatic hydroxyl groups excluding tert-OH is 1. The molecule has 9 nitrogen and oxygen atoms in total. The number of carbonyl (C=O) groups is 1. The van der Waals surface area contributed by atoms with Crippen LogP contribution in [0, 0.1) is 5.92 Å². The summed E-state index contributed by atoms with van der Waals surface area (Å²) in [7, 11) is 0. The van der Waals surface area contributed by atoms with Crippen LogP contribution in [0.4, 0.5) is 0 Å². The van der Waals surface area contributed by atoms with E-state index in [2.05, 4.69) is 21.9 Å². The smallest absolute Gasteiger partial charge is 0.252 e. The molecule has 2 aromatic carbocycles. The van der Waals surface area contributed by atoms with E-state index in [9.17, 15) is 4.79 Å². The molecule has 1 fully saturated rings. The number of aliphatic imine (C=N–C) groups is 1. The number of nitrogens with one attached hydrogen (secondary N) is 1. The van der Waals surface area contributed by atoms with Crippen LogP contribution in [-0.2, 0) is 16.1 Å². The maximum absolute atomic E-state index is 13.7. The molecule has 2 aliphatic rings. The van der Waals surface area contributed by atoms with Gasteiger partial charge in [0.25, 0.3) is 5.91 Å². The van der Waals surface area contributed by atoms with Crippen LogP contribution in [0.15, 0.2) is 71.3 Å². The Hall–Kier alpha value is -3.81. The van der Waals surface area contributed by atoms with Gasteiger partial charge in [-0.1, -0.05) is 35.5 Å². The first-order valence-electron chi connectivity index (χ1n) is 12.2. The Morgan fingerprint density at radius 2 is 2.08 bits per heavy atom.